The Kier molecular flexibility index (Phi) is 3.50. The van der Waals surface area contributed by atoms with Gasteiger partial charge in [-0.25, -0.2) is 0 Å². The molecule has 0 radical (unpaired) electrons. The third-order valence-corrected chi connectivity index (χ3v) is 2.72. The summed E-state index contributed by atoms with van der Waals surface area (Å²) in [6.07, 6.45) is 3.68. The fraction of sp³-hybridized carbons (Fsp3) is 0.727. The molecule has 0 bridgehead atoms. The van der Waals surface area contributed by atoms with Gasteiger partial charge in [0.1, 0.15) is 0 Å². The summed E-state index contributed by atoms with van der Waals surface area (Å²) in [6.45, 7) is 7.36. The van der Waals surface area contributed by atoms with Crippen LogP contribution in [0, 0.1) is 16.7 Å². The molecule has 1 aliphatic heterocycles. The zero-order chi connectivity index (χ0) is 9.73. The largest absolute Gasteiger partial charge is 0.381 e. The van der Waals surface area contributed by atoms with Crippen molar-refractivity contribution in [2.75, 3.05) is 13.2 Å². The van der Waals surface area contributed by atoms with Gasteiger partial charge in [-0.2, -0.15) is 5.26 Å². The molecule has 1 aliphatic rings. The van der Waals surface area contributed by atoms with E-state index >= 15 is 0 Å². The molecule has 0 atom stereocenters. The van der Waals surface area contributed by atoms with Crippen molar-refractivity contribution in [2.45, 2.75) is 32.6 Å². The molecule has 0 aromatic rings. The molecule has 0 amide bonds. The predicted molar refractivity (Wildman–Crippen MR) is 52.1 cm³/mol. The molecule has 0 unspecified atom stereocenters. The van der Waals surface area contributed by atoms with Crippen molar-refractivity contribution in [1.29, 1.82) is 5.26 Å². The van der Waals surface area contributed by atoms with Gasteiger partial charge in [0, 0.05) is 13.2 Å². The number of allylic oxidation sites excluding steroid dienone is 1. The molecule has 0 saturated carbocycles. The Bertz CT molecular complexity index is 221. The van der Waals surface area contributed by atoms with Gasteiger partial charge in [-0.15, -0.1) is 6.58 Å². The monoisotopic (exact) mass is 179 g/mol. The summed E-state index contributed by atoms with van der Waals surface area (Å²) in [5, 5.41) is 9.12. The lowest BCUT2D eigenvalue weighted by Crippen LogP contribution is -2.28. The number of ether oxygens (including phenoxy) is 1. The van der Waals surface area contributed by atoms with E-state index in [0.717, 1.165) is 38.9 Å². The topological polar surface area (TPSA) is 33.0 Å². The Labute approximate surface area is 80.2 Å². The third kappa shape index (κ3) is 2.86. The Morgan fingerprint density at radius 3 is 2.62 bits per heavy atom. The Hall–Kier alpha value is -0.810. The standard InChI is InChI=1S/C11H17NO/c1-10(2)3-4-11(9-12)5-7-13-8-6-11/h1,3-8H2,2H3. The molecule has 0 spiro atoms. The lowest BCUT2D eigenvalue weighted by atomic mass is 9.77. The first kappa shape index (κ1) is 10.3. The van der Waals surface area contributed by atoms with Crippen LogP contribution in [0.25, 0.3) is 0 Å². The summed E-state index contributed by atoms with van der Waals surface area (Å²) in [7, 11) is 0. The van der Waals surface area contributed by atoms with Gasteiger partial charge in [-0.3, -0.25) is 0 Å². The highest BCUT2D eigenvalue weighted by Gasteiger charge is 2.31. The minimum Gasteiger partial charge on any atom is -0.381 e. The number of hydrogen-bond donors (Lipinski definition) is 0. The zero-order valence-corrected chi connectivity index (χ0v) is 8.31. The highest BCUT2D eigenvalue weighted by Crippen LogP contribution is 2.35. The maximum Gasteiger partial charge on any atom is 0.0691 e. The van der Waals surface area contributed by atoms with Crippen LogP contribution in [-0.2, 0) is 4.74 Å². The van der Waals surface area contributed by atoms with E-state index in [1.807, 2.05) is 6.92 Å². The molecule has 0 N–H and O–H groups in total. The van der Waals surface area contributed by atoms with Crippen LogP contribution in [0.2, 0.25) is 0 Å². The molecule has 1 saturated heterocycles. The maximum absolute atomic E-state index is 9.12. The van der Waals surface area contributed by atoms with Crippen molar-refractivity contribution >= 4 is 0 Å². The van der Waals surface area contributed by atoms with E-state index in [0.29, 0.717) is 0 Å². The minimum absolute atomic E-state index is 0.128. The average Bonchev–Trinajstić information content (AvgIpc) is 2.16. The molecule has 1 heterocycles. The van der Waals surface area contributed by atoms with Crippen LogP contribution in [0.5, 0.6) is 0 Å². The highest BCUT2D eigenvalue weighted by molar-refractivity contribution is 5.03. The molecule has 1 rings (SSSR count). The zero-order valence-electron chi connectivity index (χ0n) is 8.31. The minimum atomic E-state index is -0.128. The summed E-state index contributed by atoms with van der Waals surface area (Å²) in [6, 6.07) is 2.45. The number of rotatable bonds is 3. The van der Waals surface area contributed by atoms with Crippen LogP contribution in [0.4, 0.5) is 0 Å². The fourth-order valence-electron chi connectivity index (χ4n) is 1.63. The summed E-state index contributed by atoms with van der Waals surface area (Å²) in [5.41, 5.74) is 1.04. The first-order valence-electron chi connectivity index (χ1n) is 4.82. The normalized spacial score (nSPS) is 20.6. The van der Waals surface area contributed by atoms with Gasteiger partial charge >= 0.3 is 0 Å². The van der Waals surface area contributed by atoms with Crippen LogP contribution in [0.15, 0.2) is 12.2 Å². The van der Waals surface area contributed by atoms with E-state index in [-0.39, 0.29) is 5.41 Å². The first-order chi connectivity index (χ1) is 6.18. The molecule has 1 fully saturated rings. The van der Waals surface area contributed by atoms with E-state index < -0.39 is 0 Å². The molecule has 0 aromatic carbocycles. The molecular weight excluding hydrogens is 162 g/mol. The van der Waals surface area contributed by atoms with Crippen molar-refractivity contribution in [2.24, 2.45) is 5.41 Å². The number of hydrogen-bond acceptors (Lipinski definition) is 2. The smallest absolute Gasteiger partial charge is 0.0691 e. The van der Waals surface area contributed by atoms with Crippen LogP contribution >= 0.6 is 0 Å². The second-order valence-corrected chi connectivity index (χ2v) is 3.96. The average molecular weight is 179 g/mol. The van der Waals surface area contributed by atoms with Crippen molar-refractivity contribution in [1.82, 2.24) is 0 Å². The van der Waals surface area contributed by atoms with Gasteiger partial charge in [0.2, 0.25) is 0 Å². The summed E-state index contributed by atoms with van der Waals surface area (Å²) in [4.78, 5) is 0. The molecule has 2 nitrogen and oxygen atoms in total. The van der Waals surface area contributed by atoms with Crippen LogP contribution in [0.3, 0.4) is 0 Å². The van der Waals surface area contributed by atoms with Crippen LogP contribution < -0.4 is 0 Å². The fourth-order valence-corrected chi connectivity index (χ4v) is 1.63. The Balaban J connectivity index is 2.49. The van der Waals surface area contributed by atoms with Crippen molar-refractivity contribution in [3.05, 3.63) is 12.2 Å². The molecule has 0 aromatic heterocycles. The molecule has 13 heavy (non-hydrogen) atoms. The van der Waals surface area contributed by atoms with Gasteiger partial charge in [0.25, 0.3) is 0 Å². The lowest BCUT2D eigenvalue weighted by Gasteiger charge is -2.30. The van der Waals surface area contributed by atoms with Gasteiger partial charge in [0.05, 0.1) is 11.5 Å². The van der Waals surface area contributed by atoms with E-state index in [4.69, 9.17) is 10.00 Å². The van der Waals surface area contributed by atoms with Crippen molar-refractivity contribution in [3.63, 3.8) is 0 Å². The van der Waals surface area contributed by atoms with E-state index in [2.05, 4.69) is 12.6 Å². The second kappa shape index (κ2) is 4.43. The quantitative estimate of drug-likeness (QED) is 0.624. The Morgan fingerprint density at radius 1 is 1.54 bits per heavy atom. The van der Waals surface area contributed by atoms with E-state index in [1.165, 1.54) is 5.57 Å². The molecule has 72 valence electrons. The predicted octanol–water partition coefficient (Wildman–Crippen LogP) is 2.66. The van der Waals surface area contributed by atoms with Gasteiger partial charge < -0.3 is 4.74 Å². The summed E-state index contributed by atoms with van der Waals surface area (Å²) < 4.78 is 5.26. The van der Waals surface area contributed by atoms with Crippen molar-refractivity contribution in [3.8, 4) is 6.07 Å². The SMILES string of the molecule is C=C(C)CCC1(C#N)CCOCC1. The summed E-state index contributed by atoms with van der Waals surface area (Å²) in [5.74, 6) is 0. The third-order valence-electron chi connectivity index (χ3n) is 2.72. The van der Waals surface area contributed by atoms with Crippen LogP contribution in [-0.4, -0.2) is 13.2 Å². The molecule has 0 aliphatic carbocycles. The van der Waals surface area contributed by atoms with Gasteiger partial charge in [-0.1, -0.05) is 5.57 Å². The Morgan fingerprint density at radius 2 is 2.15 bits per heavy atom. The second-order valence-electron chi connectivity index (χ2n) is 3.96. The number of nitrogens with zero attached hydrogens (tertiary/aromatic N) is 1. The van der Waals surface area contributed by atoms with E-state index in [9.17, 15) is 0 Å². The van der Waals surface area contributed by atoms with Crippen LogP contribution in [0.1, 0.15) is 32.6 Å². The van der Waals surface area contributed by atoms with Gasteiger partial charge in [0.15, 0.2) is 0 Å². The number of nitriles is 1. The lowest BCUT2D eigenvalue weighted by molar-refractivity contribution is 0.0371. The van der Waals surface area contributed by atoms with Gasteiger partial charge in [-0.05, 0) is 32.6 Å². The molecule has 2 heteroatoms. The maximum atomic E-state index is 9.12. The first-order valence-corrected chi connectivity index (χ1v) is 4.82. The summed E-state index contributed by atoms with van der Waals surface area (Å²) >= 11 is 0. The van der Waals surface area contributed by atoms with E-state index in [1.54, 1.807) is 0 Å². The highest BCUT2D eigenvalue weighted by atomic mass is 16.5. The molecular formula is C11H17NO. The van der Waals surface area contributed by atoms with Crippen molar-refractivity contribution < 1.29 is 4.74 Å².